The zero-order valence-corrected chi connectivity index (χ0v) is 17.8. The first-order chi connectivity index (χ1) is 13.2. The molecular formula is C20H24ClN3O3S. The van der Waals surface area contributed by atoms with E-state index in [1.165, 1.54) is 46.2 Å². The zero-order valence-electron chi connectivity index (χ0n) is 16.2. The van der Waals surface area contributed by atoms with Crippen molar-refractivity contribution in [3.05, 3.63) is 52.5 Å². The molecule has 1 saturated heterocycles. The fourth-order valence-electron chi connectivity index (χ4n) is 3.55. The minimum Gasteiger partial charge on any atom is -0.368 e. The number of anilines is 2. The summed E-state index contributed by atoms with van der Waals surface area (Å²) in [7, 11) is -3.65. The van der Waals surface area contributed by atoms with Crippen molar-refractivity contribution < 1.29 is 13.2 Å². The number of sulfonamides is 1. The molecule has 150 valence electrons. The summed E-state index contributed by atoms with van der Waals surface area (Å²) in [5.74, 6) is -0.264. The second-order valence-corrected chi connectivity index (χ2v) is 9.30. The molecule has 0 unspecified atom stereocenters. The third-order valence-electron chi connectivity index (χ3n) is 4.88. The van der Waals surface area contributed by atoms with Crippen LogP contribution >= 0.6 is 11.6 Å². The second-order valence-electron chi connectivity index (χ2n) is 6.95. The highest BCUT2D eigenvalue weighted by Gasteiger charge is 2.29. The number of hydrogen-bond acceptors (Lipinski definition) is 4. The highest BCUT2D eigenvalue weighted by atomic mass is 35.5. The average molecular weight is 422 g/mol. The SMILES string of the molecule is CC(=O)Nc1ccc(S(=O)(=O)N2CCN(c3c(C)cccc3C)CC2)cc1Cl. The number of carbonyl (C=O) groups is 1. The van der Waals surface area contributed by atoms with Crippen LogP contribution in [0.5, 0.6) is 0 Å². The summed E-state index contributed by atoms with van der Waals surface area (Å²) < 4.78 is 27.5. The van der Waals surface area contributed by atoms with E-state index in [1.807, 2.05) is 6.07 Å². The lowest BCUT2D eigenvalue weighted by molar-refractivity contribution is -0.114. The molecule has 1 N–H and O–H groups in total. The normalized spacial score (nSPS) is 15.5. The summed E-state index contributed by atoms with van der Waals surface area (Å²) in [6.45, 7) is 7.58. The molecule has 8 heteroatoms. The molecule has 1 aliphatic rings. The van der Waals surface area contributed by atoms with Crippen LogP contribution in [0.1, 0.15) is 18.1 Å². The molecule has 1 fully saturated rings. The number of nitrogens with one attached hydrogen (secondary N) is 1. The van der Waals surface area contributed by atoms with Gasteiger partial charge in [0.1, 0.15) is 0 Å². The fourth-order valence-corrected chi connectivity index (χ4v) is 5.29. The summed E-state index contributed by atoms with van der Waals surface area (Å²) >= 11 is 6.15. The van der Waals surface area contributed by atoms with E-state index in [0.29, 0.717) is 31.9 Å². The van der Waals surface area contributed by atoms with Crippen molar-refractivity contribution in [1.82, 2.24) is 4.31 Å². The predicted molar refractivity (Wildman–Crippen MR) is 113 cm³/mol. The Hall–Kier alpha value is -2.09. The van der Waals surface area contributed by atoms with Gasteiger partial charge in [0.25, 0.3) is 0 Å². The topological polar surface area (TPSA) is 69.7 Å². The molecule has 0 saturated carbocycles. The van der Waals surface area contributed by atoms with Gasteiger partial charge in [0, 0.05) is 38.8 Å². The Labute approximate surface area is 171 Å². The lowest BCUT2D eigenvalue weighted by Gasteiger charge is -2.37. The van der Waals surface area contributed by atoms with Gasteiger partial charge in [-0.05, 0) is 43.2 Å². The van der Waals surface area contributed by atoms with E-state index >= 15 is 0 Å². The molecule has 0 aliphatic carbocycles. The van der Waals surface area contributed by atoms with Gasteiger partial charge in [-0.2, -0.15) is 4.31 Å². The number of carbonyl (C=O) groups excluding carboxylic acids is 1. The number of benzene rings is 2. The molecule has 28 heavy (non-hydrogen) atoms. The van der Waals surface area contributed by atoms with Crippen LogP contribution in [0.2, 0.25) is 5.02 Å². The molecule has 0 atom stereocenters. The Morgan fingerprint density at radius 1 is 1.04 bits per heavy atom. The first-order valence-corrected chi connectivity index (χ1v) is 10.9. The zero-order chi connectivity index (χ0) is 20.5. The maximum absolute atomic E-state index is 13.0. The molecule has 2 aromatic carbocycles. The number of rotatable bonds is 4. The van der Waals surface area contributed by atoms with Gasteiger partial charge < -0.3 is 10.2 Å². The van der Waals surface area contributed by atoms with Gasteiger partial charge in [-0.25, -0.2) is 8.42 Å². The van der Waals surface area contributed by atoms with Gasteiger partial charge in [-0.15, -0.1) is 0 Å². The Morgan fingerprint density at radius 3 is 2.18 bits per heavy atom. The molecule has 0 bridgehead atoms. The minimum absolute atomic E-state index is 0.132. The van der Waals surface area contributed by atoms with E-state index < -0.39 is 10.0 Å². The van der Waals surface area contributed by atoms with Crippen LogP contribution < -0.4 is 10.2 Å². The molecule has 0 radical (unpaired) electrons. The summed E-state index contributed by atoms with van der Waals surface area (Å²) in [6, 6.07) is 10.6. The number of piperazine rings is 1. The molecule has 0 aromatic heterocycles. The summed E-state index contributed by atoms with van der Waals surface area (Å²) in [4.78, 5) is 13.6. The van der Waals surface area contributed by atoms with Gasteiger partial charge in [-0.3, -0.25) is 4.79 Å². The lowest BCUT2D eigenvalue weighted by Crippen LogP contribution is -2.49. The first kappa shape index (κ1) is 20.6. The van der Waals surface area contributed by atoms with Crippen molar-refractivity contribution >= 4 is 38.9 Å². The monoisotopic (exact) mass is 421 g/mol. The average Bonchev–Trinajstić information content (AvgIpc) is 2.63. The van der Waals surface area contributed by atoms with Crippen LogP contribution in [-0.2, 0) is 14.8 Å². The molecule has 6 nitrogen and oxygen atoms in total. The van der Waals surface area contributed by atoms with Crippen molar-refractivity contribution in [2.24, 2.45) is 0 Å². The Kier molecular flexibility index (Phi) is 5.98. The van der Waals surface area contributed by atoms with Crippen molar-refractivity contribution in [2.45, 2.75) is 25.7 Å². The van der Waals surface area contributed by atoms with E-state index in [9.17, 15) is 13.2 Å². The second kappa shape index (κ2) is 8.11. The number of para-hydroxylation sites is 1. The third-order valence-corrected chi connectivity index (χ3v) is 7.09. The van der Waals surface area contributed by atoms with Crippen LogP contribution in [-0.4, -0.2) is 44.8 Å². The van der Waals surface area contributed by atoms with Crippen LogP contribution in [0.4, 0.5) is 11.4 Å². The lowest BCUT2D eigenvalue weighted by atomic mass is 10.1. The van der Waals surface area contributed by atoms with Crippen LogP contribution in [0.3, 0.4) is 0 Å². The summed E-state index contributed by atoms with van der Waals surface area (Å²) in [5.41, 5.74) is 3.96. The maximum Gasteiger partial charge on any atom is 0.243 e. The number of nitrogens with zero attached hydrogens (tertiary/aromatic N) is 2. The molecule has 0 spiro atoms. The van der Waals surface area contributed by atoms with E-state index in [0.717, 1.165) is 0 Å². The molecule has 1 amide bonds. The van der Waals surface area contributed by atoms with Gasteiger partial charge in [-0.1, -0.05) is 29.8 Å². The molecular weight excluding hydrogens is 398 g/mol. The Bertz CT molecular complexity index is 980. The highest BCUT2D eigenvalue weighted by molar-refractivity contribution is 7.89. The van der Waals surface area contributed by atoms with Crippen LogP contribution in [0.25, 0.3) is 0 Å². The first-order valence-electron chi connectivity index (χ1n) is 9.08. The number of aryl methyl sites for hydroxylation is 2. The van der Waals surface area contributed by atoms with Crippen molar-refractivity contribution in [3.63, 3.8) is 0 Å². The van der Waals surface area contributed by atoms with Gasteiger partial charge in [0.05, 0.1) is 15.6 Å². The third kappa shape index (κ3) is 4.16. The molecule has 2 aromatic rings. The summed E-state index contributed by atoms with van der Waals surface area (Å²) in [5, 5.41) is 2.78. The van der Waals surface area contributed by atoms with Gasteiger partial charge in [0.15, 0.2) is 0 Å². The van der Waals surface area contributed by atoms with Gasteiger partial charge in [0.2, 0.25) is 15.9 Å². The van der Waals surface area contributed by atoms with E-state index in [-0.39, 0.29) is 15.8 Å². The molecule has 3 rings (SSSR count). The fraction of sp³-hybridized carbons (Fsp3) is 0.350. The predicted octanol–water partition coefficient (Wildman–Crippen LogP) is 3.43. The van der Waals surface area contributed by atoms with E-state index in [4.69, 9.17) is 11.6 Å². The minimum atomic E-state index is -3.65. The largest absolute Gasteiger partial charge is 0.368 e. The quantitative estimate of drug-likeness (QED) is 0.821. The standard InChI is InChI=1S/C20H24ClN3O3S/c1-14-5-4-6-15(2)20(14)23-9-11-24(12-10-23)28(26,27)17-7-8-19(18(21)13-17)22-16(3)25/h4-8,13H,9-12H2,1-3H3,(H,22,25). The van der Waals surface area contributed by atoms with E-state index in [1.54, 1.807) is 0 Å². The Morgan fingerprint density at radius 2 is 1.64 bits per heavy atom. The number of amides is 1. The number of halogens is 1. The molecule has 1 aliphatic heterocycles. The van der Waals surface area contributed by atoms with Crippen molar-refractivity contribution in [2.75, 3.05) is 36.4 Å². The van der Waals surface area contributed by atoms with Gasteiger partial charge >= 0.3 is 0 Å². The maximum atomic E-state index is 13.0. The molecule has 1 heterocycles. The highest BCUT2D eigenvalue weighted by Crippen LogP contribution is 2.29. The van der Waals surface area contributed by atoms with E-state index in [2.05, 4.69) is 36.2 Å². The summed E-state index contributed by atoms with van der Waals surface area (Å²) in [6.07, 6.45) is 0. The Balaban J connectivity index is 1.76. The van der Waals surface area contributed by atoms with Crippen molar-refractivity contribution in [1.29, 1.82) is 0 Å². The van der Waals surface area contributed by atoms with Crippen LogP contribution in [0.15, 0.2) is 41.3 Å². The number of hydrogen-bond donors (Lipinski definition) is 1. The smallest absolute Gasteiger partial charge is 0.243 e. The van der Waals surface area contributed by atoms with Crippen LogP contribution in [0, 0.1) is 13.8 Å². The van der Waals surface area contributed by atoms with Crippen molar-refractivity contribution in [3.8, 4) is 0 Å².